The number of ether oxygens (including phenoxy) is 1. The van der Waals surface area contributed by atoms with Gasteiger partial charge in [-0.15, -0.1) is 11.3 Å². The zero-order valence-electron chi connectivity index (χ0n) is 12.6. The van der Waals surface area contributed by atoms with Gasteiger partial charge in [-0.2, -0.15) is 16.1 Å². The van der Waals surface area contributed by atoms with Gasteiger partial charge in [0, 0.05) is 4.88 Å². The monoisotopic (exact) mass is 383 g/mol. The Morgan fingerprint density at radius 2 is 2.04 bits per heavy atom. The Morgan fingerprint density at radius 1 is 1.21 bits per heavy atom. The molecule has 3 rings (SSSR count). The molecule has 0 spiro atoms. The number of sulfonamides is 1. The summed E-state index contributed by atoms with van der Waals surface area (Å²) in [4.78, 5) is 0.633. The Labute approximate surface area is 147 Å². The molecule has 4 nitrogen and oxygen atoms in total. The van der Waals surface area contributed by atoms with E-state index in [2.05, 4.69) is 4.72 Å². The standard InChI is InChI=1S/C16H14FNO3S3/c1-21-13-5-4-12(17)9-15(13)24(19,20)18-16(11-6-8-22-10-11)14-3-2-7-23-14/h2-10,16,18H,1H3. The van der Waals surface area contributed by atoms with Gasteiger partial charge in [-0.1, -0.05) is 6.07 Å². The highest BCUT2D eigenvalue weighted by Crippen LogP contribution is 2.31. The third-order valence-electron chi connectivity index (χ3n) is 3.39. The van der Waals surface area contributed by atoms with Crippen LogP contribution in [0.4, 0.5) is 4.39 Å². The van der Waals surface area contributed by atoms with Gasteiger partial charge < -0.3 is 4.74 Å². The third kappa shape index (κ3) is 3.51. The second-order valence-electron chi connectivity index (χ2n) is 4.92. The van der Waals surface area contributed by atoms with Crippen LogP contribution in [0, 0.1) is 5.82 Å². The quantitative estimate of drug-likeness (QED) is 0.699. The van der Waals surface area contributed by atoms with Crippen LogP contribution in [0.2, 0.25) is 0 Å². The molecule has 1 unspecified atom stereocenters. The highest BCUT2D eigenvalue weighted by molar-refractivity contribution is 7.89. The van der Waals surface area contributed by atoms with Crippen molar-refractivity contribution < 1.29 is 17.5 Å². The SMILES string of the molecule is COc1ccc(F)cc1S(=O)(=O)NC(c1ccsc1)c1cccs1. The number of thiophene rings is 2. The maximum atomic E-state index is 13.6. The highest BCUT2D eigenvalue weighted by atomic mass is 32.2. The number of methoxy groups -OCH3 is 1. The minimum atomic E-state index is -3.98. The predicted molar refractivity (Wildman–Crippen MR) is 93.8 cm³/mol. The van der Waals surface area contributed by atoms with Gasteiger partial charge in [-0.05, 0) is 52.0 Å². The summed E-state index contributed by atoms with van der Waals surface area (Å²) in [5.41, 5.74) is 0.835. The summed E-state index contributed by atoms with van der Waals surface area (Å²) in [6, 6.07) is 8.46. The summed E-state index contributed by atoms with van der Waals surface area (Å²) in [5.74, 6) is -0.543. The van der Waals surface area contributed by atoms with E-state index in [0.29, 0.717) is 0 Å². The average Bonchev–Trinajstić information content (AvgIpc) is 3.26. The first-order valence-electron chi connectivity index (χ1n) is 6.92. The van der Waals surface area contributed by atoms with Crippen molar-refractivity contribution >= 4 is 32.7 Å². The van der Waals surface area contributed by atoms with Crippen molar-refractivity contribution in [3.8, 4) is 5.75 Å². The van der Waals surface area contributed by atoms with E-state index in [1.807, 2.05) is 34.3 Å². The summed E-state index contributed by atoms with van der Waals surface area (Å²) in [6.07, 6.45) is 0. The summed E-state index contributed by atoms with van der Waals surface area (Å²) in [6.45, 7) is 0. The lowest BCUT2D eigenvalue weighted by atomic mass is 10.1. The van der Waals surface area contributed by atoms with Crippen molar-refractivity contribution in [2.75, 3.05) is 7.11 Å². The van der Waals surface area contributed by atoms with Gasteiger partial charge in [0.15, 0.2) is 0 Å². The molecule has 0 bridgehead atoms. The number of benzene rings is 1. The summed E-state index contributed by atoms with van der Waals surface area (Å²) >= 11 is 2.93. The number of nitrogens with one attached hydrogen (secondary N) is 1. The fourth-order valence-corrected chi connectivity index (χ4v) is 5.21. The van der Waals surface area contributed by atoms with Gasteiger partial charge in [0.05, 0.1) is 13.2 Å². The van der Waals surface area contributed by atoms with Crippen LogP contribution >= 0.6 is 22.7 Å². The van der Waals surface area contributed by atoms with Gasteiger partial charge in [0.2, 0.25) is 10.0 Å². The Balaban J connectivity index is 2.02. The van der Waals surface area contributed by atoms with Crippen molar-refractivity contribution in [1.82, 2.24) is 4.72 Å². The van der Waals surface area contributed by atoms with Crippen molar-refractivity contribution in [1.29, 1.82) is 0 Å². The second kappa shape index (κ2) is 7.02. The largest absolute Gasteiger partial charge is 0.495 e. The number of hydrogen-bond acceptors (Lipinski definition) is 5. The maximum Gasteiger partial charge on any atom is 0.245 e. The zero-order chi connectivity index (χ0) is 17.2. The van der Waals surface area contributed by atoms with Crippen LogP contribution in [-0.4, -0.2) is 15.5 Å². The van der Waals surface area contributed by atoms with Crippen LogP contribution < -0.4 is 9.46 Å². The molecule has 1 N–H and O–H groups in total. The molecule has 8 heteroatoms. The topological polar surface area (TPSA) is 55.4 Å². The molecule has 3 aromatic rings. The van der Waals surface area contributed by atoms with Crippen LogP contribution in [0.5, 0.6) is 5.75 Å². The second-order valence-corrected chi connectivity index (χ2v) is 8.36. The molecule has 24 heavy (non-hydrogen) atoms. The minimum Gasteiger partial charge on any atom is -0.495 e. The van der Waals surface area contributed by atoms with Crippen LogP contribution in [-0.2, 0) is 10.0 Å². The lowest BCUT2D eigenvalue weighted by Crippen LogP contribution is -2.29. The number of halogens is 1. The molecular weight excluding hydrogens is 369 g/mol. The van der Waals surface area contributed by atoms with Crippen LogP contribution in [0.3, 0.4) is 0 Å². The van der Waals surface area contributed by atoms with Crippen molar-refractivity contribution in [2.24, 2.45) is 0 Å². The van der Waals surface area contributed by atoms with E-state index < -0.39 is 21.9 Å². The van der Waals surface area contributed by atoms with Gasteiger partial charge >= 0.3 is 0 Å². The molecule has 0 saturated carbocycles. The van der Waals surface area contributed by atoms with Crippen LogP contribution in [0.15, 0.2) is 57.4 Å². The molecule has 0 saturated heterocycles. The summed E-state index contributed by atoms with van der Waals surface area (Å²) in [5, 5.41) is 5.65. The first-order valence-corrected chi connectivity index (χ1v) is 10.2. The lowest BCUT2D eigenvalue weighted by Gasteiger charge is -2.18. The van der Waals surface area contributed by atoms with Gasteiger partial charge in [-0.3, -0.25) is 0 Å². The van der Waals surface area contributed by atoms with E-state index in [4.69, 9.17) is 4.74 Å². The fraction of sp³-hybridized carbons (Fsp3) is 0.125. The molecule has 0 amide bonds. The molecule has 0 aliphatic heterocycles. The summed E-state index contributed by atoms with van der Waals surface area (Å²) < 4.78 is 46.9. The van der Waals surface area contributed by atoms with Gasteiger partial charge in [0.25, 0.3) is 0 Å². The first-order chi connectivity index (χ1) is 11.5. The summed E-state index contributed by atoms with van der Waals surface area (Å²) in [7, 11) is -2.63. The molecule has 0 aliphatic rings. The van der Waals surface area contributed by atoms with E-state index in [1.165, 1.54) is 35.8 Å². The molecule has 0 radical (unpaired) electrons. The molecule has 2 heterocycles. The van der Waals surface area contributed by atoms with Gasteiger partial charge in [0.1, 0.15) is 16.5 Å². The van der Waals surface area contributed by atoms with E-state index in [9.17, 15) is 12.8 Å². The minimum absolute atomic E-state index is 0.0964. The Morgan fingerprint density at radius 3 is 2.67 bits per heavy atom. The Hall–Kier alpha value is -1.74. The predicted octanol–water partition coefficient (Wildman–Crippen LogP) is 4.03. The van der Waals surface area contributed by atoms with Crippen LogP contribution in [0.25, 0.3) is 0 Å². The zero-order valence-corrected chi connectivity index (χ0v) is 15.1. The number of rotatable bonds is 6. The molecule has 1 aromatic carbocycles. The lowest BCUT2D eigenvalue weighted by molar-refractivity contribution is 0.400. The Kier molecular flexibility index (Phi) is 5.00. The molecular formula is C16H14FNO3S3. The first kappa shape index (κ1) is 17.1. The molecule has 2 aromatic heterocycles. The van der Waals surface area contributed by atoms with Crippen molar-refractivity contribution in [3.05, 3.63) is 68.8 Å². The molecule has 0 fully saturated rings. The Bertz CT molecular complexity index is 872. The normalized spacial score (nSPS) is 12.9. The van der Waals surface area contributed by atoms with E-state index >= 15 is 0 Å². The highest BCUT2D eigenvalue weighted by Gasteiger charge is 2.27. The molecule has 1 atom stereocenters. The van der Waals surface area contributed by atoms with E-state index in [-0.39, 0.29) is 10.6 Å². The van der Waals surface area contributed by atoms with E-state index in [0.717, 1.165) is 22.6 Å². The number of hydrogen-bond donors (Lipinski definition) is 1. The van der Waals surface area contributed by atoms with Gasteiger partial charge in [-0.25, -0.2) is 12.8 Å². The van der Waals surface area contributed by atoms with Crippen molar-refractivity contribution in [2.45, 2.75) is 10.9 Å². The average molecular weight is 383 g/mol. The molecule has 0 aliphatic carbocycles. The smallest absolute Gasteiger partial charge is 0.245 e. The molecule has 126 valence electrons. The van der Waals surface area contributed by atoms with Crippen molar-refractivity contribution in [3.63, 3.8) is 0 Å². The fourth-order valence-electron chi connectivity index (χ4n) is 2.26. The maximum absolute atomic E-state index is 13.6. The van der Waals surface area contributed by atoms with Crippen LogP contribution in [0.1, 0.15) is 16.5 Å². The third-order valence-corrected chi connectivity index (χ3v) is 6.48. The van der Waals surface area contributed by atoms with E-state index in [1.54, 1.807) is 0 Å².